The molecule has 0 aliphatic rings. The van der Waals surface area contributed by atoms with Crippen molar-refractivity contribution in [2.75, 3.05) is 79.0 Å². The quantitative estimate of drug-likeness (QED) is 0.0159. The van der Waals surface area contributed by atoms with E-state index in [1.54, 1.807) is 0 Å². The predicted molar refractivity (Wildman–Crippen MR) is 384 cm³/mol. The Morgan fingerprint density at radius 3 is 0.979 bits per heavy atom. The average Bonchev–Trinajstić information content (AvgIpc) is 2.91. The van der Waals surface area contributed by atoms with Crippen LogP contribution in [0, 0.1) is 0 Å². The molecule has 2 unspecified atom stereocenters. The van der Waals surface area contributed by atoms with Crippen LogP contribution in [0.5, 0.6) is 0 Å². The van der Waals surface area contributed by atoms with Crippen molar-refractivity contribution in [1.29, 1.82) is 0 Å². The summed E-state index contributed by atoms with van der Waals surface area (Å²) in [5, 5.41) is 16.2. The van der Waals surface area contributed by atoms with Crippen molar-refractivity contribution >= 4 is 45.7 Å². The van der Waals surface area contributed by atoms with Crippen LogP contribution < -0.4 is 31.9 Å². The molecule has 0 aromatic rings. The lowest BCUT2D eigenvalue weighted by molar-refractivity contribution is -0.150. The van der Waals surface area contributed by atoms with Gasteiger partial charge >= 0.3 is 45.7 Å². The molecule has 8 N–H and O–H groups in total. The van der Waals surface area contributed by atoms with E-state index in [0.717, 1.165) is 135 Å². The van der Waals surface area contributed by atoms with Crippen molar-refractivity contribution in [3.05, 3.63) is 0 Å². The summed E-state index contributed by atoms with van der Waals surface area (Å²) in [4.78, 5) is 84.7. The van der Waals surface area contributed by atoms with Gasteiger partial charge in [0.1, 0.15) is 12.2 Å². The third kappa shape index (κ3) is 65.5. The van der Waals surface area contributed by atoms with Gasteiger partial charge in [0.05, 0.1) is 64.9 Å². The van der Waals surface area contributed by atoms with Gasteiger partial charge in [0.15, 0.2) is 0 Å². The van der Waals surface area contributed by atoms with Gasteiger partial charge in [0.25, 0.3) is 0 Å². The SMILES string of the molecule is CCCCCCCCCCCCNC(=O)N[C@H](COCC[C@@H](CCCCCCC)OC(C)=O)COP(=O)(O)OCCNC(=O)NCCOP(=O)(O)OC[C@@H](COCC[C@@H](CCCCCCC)OC(=O)CCCCCCCCCCC)NC(=O)NCCCCCCCCCCCC. The van der Waals surface area contributed by atoms with Gasteiger partial charge < -0.3 is 60.6 Å². The molecule has 23 nitrogen and oxygen atoms in total. The average molecular weight is 1410 g/mol. The Kier molecular flexibility index (Phi) is 65.5. The van der Waals surface area contributed by atoms with Crippen LogP contribution in [0.4, 0.5) is 14.4 Å². The molecule has 0 heterocycles. The monoisotopic (exact) mass is 1410 g/mol. The topological polar surface area (TPSA) is 306 Å². The third-order valence-electron chi connectivity index (χ3n) is 16.6. The molecule has 96 heavy (non-hydrogen) atoms. The number of carbonyl (C=O) groups excluding carboxylic acids is 5. The van der Waals surface area contributed by atoms with Crippen LogP contribution in [-0.2, 0) is 55.8 Å². The molecule has 6 amide bonds. The van der Waals surface area contributed by atoms with Gasteiger partial charge in [0.2, 0.25) is 0 Å². The van der Waals surface area contributed by atoms with Gasteiger partial charge in [-0.1, -0.05) is 253 Å². The molecule has 0 rings (SSSR count). The molecule has 0 aromatic carbocycles. The first-order valence-corrected chi connectivity index (χ1v) is 41.3. The number of rotatable bonds is 72. The highest BCUT2D eigenvalue weighted by atomic mass is 31.2. The maximum Gasteiger partial charge on any atom is 0.472 e. The highest BCUT2D eigenvalue weighted by Gasteiger charge is 2.27. The van der Waals surface area contributed by atoms with Crippen molar-refractivity contribution in [1.82, 2.24) is 31.9 Å². The standard InChI is InChI=1S/C71H142N6O17P2/c1-7-12-17-22-25-28-31-34-39-44-51-72-70(81)76-64(59-87-55-49-66(93-63(6)78)46-41-36-20-15-10-4)61-91-95(83,84)89-57-53-74-69(80)75-54-58-90-96(85,86)92-62-65(77-71(82)73-52-45-40-35-32-29-26-23-18-13-8-2)60-88-56-50-67(47-42-37-21-16-11-5)94-68(79)48-43-38-33-30-27-24-19-14-9-3/h64-67H,7-62H2,1-6H3,(H,83,84)(H,85,86)(H2,72,76,81)(H2,73,77,82)(H2,74,75,80)/t64-,65-,66-,67-/m1/s1. The zero-order valence-electron chi connectivity index (χ0n) is 61.3. The molecular formula is C71H142N6O17P2. The first-order chi connectivity index (χ1) is 46.5. The second-order valence-corrected chi connectivity index (χ2v) is 28.9. The number of nitrogens with one attached hydrogen (secondary N) is 6. The summed E-state index contributed by atoms with van der Waals surface area (Å²) in [6.45, 7) is 11.3. The number of esters is 2. The summed E-state index contributed by atoms with van der Waals surface area (Å²) in [7, 11) is -9.42. The maximum atomic E-state index is 13.1. The minimum atomic E-state index is -4.72. The molecule has 0 aromatic heterocycles. The first kappa shape index (κ1) is 92.9. The zero-order chi connectivity index (χ0) is 70.7. The number of hydrogen-bond acceptors (Lipinski definition) is 15. The molecule has 0 saturated carbocycles. The maximum absolute atomic E-state index is 13.1. The summed E-state index contributed by atoms with van der Waals surface area (Å²) in [6, 6.07) is -3.44. The van der Waals surface area contributed by atoms with Crippen LogP contribution in [0.2, 0.25) is 0 Å². The van der Waals surface area contributed by atoms with Crippen LogP contribution in [0.25, 0.3) is 0 Å². The van der Waals surface area contributed by atoms with E-state index in [2.05, 4.69) is 66.5 Å². The minimum absolute atomic E-state index is 0.0728. The van der Waals surface area contributed by atoms with Crippen molar-refractivity contribution in [2.24, 2.45) is 0 Å². The fourth-order valence-electron chi connectivity index (χ4n) is 10.9. The number of unbranched alkanes of at least 4 members (excludes halogenated alkanes) is 34. The lowest BCUT2D eigenvalue weighted by Gasteiger charge is -2.22. The van der Waals surface area contributed by atoms with Crippen molar-refractivity contribution < 1.29 is 79.9 Å². The van der Waals surface area contributed by atoms with Gasteiger partial charge in [-0.25, -0.2) is 23.5 Å². The van der Waals surface area contributed by atoms with Crippen LogP contribution in [0.3, 0.4) is 0 Å². The van der Waals surface area contributed by atoms with Crippen LogP contribution in [0.15, 0.2) is 0 Å². The Morgan fingerprint density at radius 1 is 0.333 bits per heavy atom. The molecule has 0 aliphatic carbocycles. The van der Waals surface area contributed by atoms with Crippen molar-refractivity contribution in [2.45, 2.75) is 348 Å². The second kappa shape index (κ2) is 67.7. The van der Waals surface area contributed by atoms with E-state index in [-0.39, 0.29) is 63.7 Å². The van der Waals surface area contributed by atoms with Gasteiger partial charge in [0, 0.05) is 52.4 Å². The fourth-order valence-corrected chi connectivity index (χ4v) is 12.5. The Morgan fingerprint density at radius 2 is 0.635 bits per heavy atom. The van der Waals surface area contributed by atoms with Gasteiger partial charge in [-0.15, -0.1) is 0 Å². The Bertz CT molecular complexity index is 1940. The minimum Gasteiger partial charge on any atom is -0.462 e. The summed E-state index contributed by atoms with van der Waals surface area (Å²) in [6.07, 6.45) is 46.2. The summed E-state index contributed by atoms with van der Waals surface area (Å²) >= 11 is 0. The number of amides is 6. The van der Waals surface area contributed by atoms with Gasteiger partial charge in [-0.3, -0.25) is 27.7 Å². The molecular weight excluding hydrogens is 1270 g/mol. The van der Waals surface area contributed by atoms with Crippen LogP contribution in [0.1, 0.15) is 324 Å². The highest BCUT2D eigenvalue weighted by Crippen LogP contribution is 2.43. The van der Waals surface area contributed by atoms with E-state index in [9.17, 15) is 42.9 Å². The Balaban J connectivity index is 5.38. The molecule has 6 atom stereocenters. The molecule has 25 heteroatoms. The third-order valence-corrected chi connectivity index (χ3v) is 18.6. The number of phosphoric ester groups is 2. The molecule has 0 fully saturated rings. The normalized spacial score (nSPS) is 14.0. The summed E-state index contributed by atoms with van der Waals surface area (Å²) in [5.41, 5.74) is 0. The summed E-state index contributed by atoms with van der Waals surface area (Å²) < 4.78 is 70.3. The van der Waals surface area contributed by atoms with E-state index in [1.807, 2.05) is 0 Å². The number of hydrogen-bond donors (Lipinski definition) is 8. The summed E-state index contributed by atoms with van der Waals surface area (Å²) in [5.74, 6) is -0.581. The van der Waals surface area contributed by atoms with Crippen LogP contribution in [-0.4, -0.2) is 143 Å². The zero-order valence-corrected chi connectivity index (χ0v) is 63.1. The highest BCUT2D eigenvalue weighted by molar-refractivity contribution is 7.47. The fraction of sp³-hybridized carbons (Fsp3) is 0.930. The van der Waals surface area contributed by atoms with Crippen LogP contribution >= 0.6 is 15.6 Å². The van der Waals surface area contributed by atoms with Gasteiger partial charge in [-0.05, 0) is 44.9 Å². The van der Waals surface area contributed by atoms with E-state index >= 15 is 0 Å². The van der Waals surface area contributed by atoms with E-state index in [0.29, 0.717) is 45.2 Å². The number of ether oxygens (including phenoxy) is 4. The number of carbonyl (C=O) groups is 5. The molecule has 0 radical (unpaired) electrons. The first-order valence-electron chi connectivity index (χ1n) is 38.4. The number of urea groups is 3. The number of phosphoric acid groups is 2. The van der Waals surface area contributed by atoms with E-state index in [1.165, 1.54) is 122 Å². The molecule has 0 bridgehead atoms. The molecule has 568 valence electrons. The smallest absolute Gasteiger partial charge is 0.462 e. The van der Waals surface area contributed by atoms with Crippen molar-refractivity contribution in [3.8, 4) is 0 Å². The molecule has 0 saturated heterocycles. The second-order valence-electron chi connectivity index (χ2n) is 26.0. The van der Waals surface area contributed by atoms with Crippen molar-refractivity contribution in [3.63, 3.8) is 0 Å². The molecule has 0 aliphatic heterocycles. The van der Waals surface area contributed by atoms with Gasteiger partial charge in [-0.2, -0.15) is 0 Å². The lowest BCUT2D eigenvalue weighted by atomic mass is 10.1. The lowest BCUT2D eigenvalue weighted by Crippen LogP contribution is -2.46. The predicted octanol–water partition coefficient (Wildman–Crippen LogP) is 17.0. The Hall–Kier alpha value is -3.11. The molecule has 0 spiro atoms. The Labute approximate surface area is 582 Å². The largest absolute Gasteiger partial charge is 0.472 e. The van der Waals surface area contributed by atoms with E-state index < -0.39 is 72.2 Å². The van der Waals surface area contributed by atoms with E-state index in [4.69, 9.17) is 37.0 Å².